The normalized spacial score (nSPS) is 17.9. The Morgan fingerprint density at radius 3 is 2.17 bits per heavy atom. The van der Waals surface area contributed by atoms with Crippen molar-refractivity contribution in [2.24, 2.45) is 16.6 Å². The number of nitrogens with two attached hydrogens (primary N) is 1. The Bertz CT molecular complexity index is 790. The molecular weight excluding hydrogens is 442 g/mol. The summed E-state index contributed by atoms with van der Waals surface area (Å²) in [4.78, 5) is 16.8. The summed E-state index contributed by atoms with van der Waals surface area (Å²) in [5, 5.41) is 3.02. The lowest BCUT2D eigenvalue weighted by Gasteiger charge is -2.36. The largest absolute Gasteiger partial charge is 0.404 e. The maximum Gasteiger partial charge on any atom is 0.254 e. The third kappa shape index (κ3) is 17.5. The van der Waals surface area contributed by atoms with Crippen LogP contribution in [0.25, 0.3) is 0 Å². The fourth-order valence-corrected chi connectivity index (χ4v) is 3.35. The highest BCUT2D eigenvalue weighted by Crippen LogP contribution is 2.34. The average molecular weight is 496 g/mol. The second-order valence-corrected chi connectivity index (χ2v) is 8.95. The Kier molecular flexibility index (Phi) is 23.4. The molecule has 0 aromatic rings. The van der Waals surface area contributed by atoms with Crippen molar-refractivity contribution in [3.8, 4) is 0 Å². The minimum Gasteiger partial charge on any atom is -0.404 e. The lowest BCUT2D eigenvalue weighted by Crippen LogP contribution is -2.45. The quantitative estimate of drug-likeness (QED) is 0.117. The predicted molar refractivity (Wildman–Crippen MR) is 162 cm³/mol. The molecule has 0 aromatic carbocycles. The number of amides is 1. The molecule has 1 saturated carbocycles. The molecule has 202 valence electrons. The first kappa shape index (κ1) is 35.3. The number of nitrogens with one attached hydrogen (secondary N) is 1. The lowest BCUT2D eigenvalue weighted by molar-refractivity contribution is -0.118. The molecule has 1 fully saturated rings. The number of rotatable bonds is 13. The van der Waals surface area contributed by atoms with Gasteiger partial charge in [0.2, 0.25) is 0 Å². The molecule has 0 bridgehead atoms. The monoisotopic (exact) mass is 495 g/mol. The molecule has 0 radical (unpaired) electrons. The summed E-state index contributed by atoms with van der Waals surface area (Å²) in [5.41, 5.74) is 9.61. The molecule has 4 nitrogen and oxygen atoms in total. The van der Waals surface area contributed by atoms with Crippen LogP contribution >= 0.6 is 0 Å². The molecule has 0 atom stereocenters. The van der Waals surface area contributed by atoms with E-state index in [1.807, 2.05) is 12.2 Å². The van der Waals surface area contributed by atoms with E-state index in [9.17, 15) is 4.79 Å². The van der Waals surface area contributed by atoms with Gasteiger partial charge in [0.05, 0.1) is 12.1 Å². The van der Waals surface area contributed by atoms with E-state index in [2.05, 4.69) is 89.8 Å². The Morgan fingerprint density at radius 1 is 1.11 bits per heavy atom. The average Bonchev–Trinajstić information content (AvgIpc) is 2.81. The van der Waals surface area contributed by atoms with Crippen LogP contribution in [0.5, 0.6) is 0 Å². The fourth-order valence-electron chi connectivity index (χ4n) is 3.35. The van der Waals surface area contributed by atoms with Crippen LogP contribution in [0.3, 0.4) is 0 Å². The summed E-state index contributed by atoms with van der Waals surface area (Å²) < 4.78 is 0. The van der Waals surface area contributed by atoms with Gasteiger partial charge >= 0.3 is 0 Å². The van der Waals surface area contributed by atoms with Gasteiger partial charge in [-0.05, 0) is 56.1 Å². The van der Waals surface area contributed by atoms with E-state index in [1.165, 1.54) is 36.6 Å². The summed E-state index contributed by atoms with van der Waals surface area (Å²) >= 11 is 0. The van der Waals surface area contributed by atoms with E-state index in [1.54, 1.807) is 12.3 Å². The Hall–Kier alpha value is -2.88. The topological polar surface area (TPSA) is 67.5 Å². The maximum atomic E-state index is 12.4. The highest BCUT2D eigenvalue weighted by atomic mass is 16.1. The van der Waals surface area contributed by atoms with Crippen LogP contribution in [0.4, 0.5) is 0 Å². The summed E-state index contributed by atoms with van der Waals surface area (Å²) in [6.07, 6.45) is 22.2. The summed E-state index contributed by atoms with van der Waals surface area (Å²) in [6.45, 7) is 24.5. The second kappa shape index (κ2) is 23.8. The number of hydrogen-bond donors (Lipinski definition) is 2. The lowest BCUT2D eigenvalue weighted by atomic mass is 9.75. The SMILES string of the molecule is C=C(C)CCC.C=C/C=C(\C=C)C1CC(NC(=O)/C(C=NCC(/C=C/CC)=C/CC)=C/N)C1.CCC. The molecule has 4 heteroatoms. The van der Waals surface area contributed by atoms with Crippen LogP contribution in [0.1, 0.15) is 86.5 Å². The molecule has 0 heterocycles. The first-order valence-corrected chi connectivity index (χ1v) is 13.5. The van der Waals surface area contributed by atoms with Gasteiger partial charge in [-0.25, -0.2) is 0 Å². The van der Waals surface area contributed by atoms with E-state index in [4.69, 9.17) is 5.73 Å². The highest BCUT2D eigenvalue weighted by Gasteiger charge is 2.31. The van der Waals surface area contributed by atoms with Crippen molar-refractivity contribution in [2.45, 2.75) is 92.5 Å². The summed E-state index contributed by atoms with van der Waals surface area (Å²) in [6, 6.07) is 0.155. The minimum atomic E-state index is -0.178. The van der Waals surface area contributed by atoms with Gasteiger partial charge in [0.25, 0.3) is 5.91 Å². The van der Waals surface area contributed by atoms with Crippen LogP contribution in [0.15, 0.2) is 89.7 Å². The number of carbonyl (C=O) groups excluding carboxylic acids is 1. The van der Waals surface area contributed by atoms with Crippen molar-refractivity contribution in [3.63, 3.8) is 0 Å². The molecule has 36 heavy (non-hydrogen) atoms. The van der Waals surface area contributed by atoms with Gasteiger partial charge < -0.3 is 11.1 Å². The van der Waals surface area contributed by atoms with Crippen LogP contribution < -0.4 is 11.1 Å². The van der Waals surface area contributed by atoms with Gasteiger partial charge in [-0.1, -0.05) is 103 Å². The number of nitrogens with zero attached hydrogens (tertiary/aromatic N) is 1. The second-order valence-electron chi connectivity index (χ2n) is 8.95. The molecule has 1 aliphatic rings. The van der Waals surface area contributed by atoms with E-state index in [0.717, 1.165) is 31.3 Å². The van der Waals surface area contributed by atoms with Crippen molar-refractivity contribution in [1.29, 1.82) is 0 Å². The zero-order chi connectivity index (χ0) is 27.8. The zero-order valence-corrected chi connectivity index (χ0v) is 24.0. The van der Waals surface area contributed by atoms with Gasteiger partial charge in [0, 0.05) is 18.5 Å². The van der Waals surface area contributed by atoms with Gasteiger partial charge in [0.1, 0.15) is 0 Å². The van der Waals surface area contributed by atoms with Gasteiger partial charge in [-0.3, -0.25) is 9.79 Å². The van der Waals surface area contributed by atoms with E-state index < -0.39 is 0 Å². The molecule has 3 N–H and O–H groups in total. The fraction of sp³-hybridized carbons (Fsp3) is 0.500. The van der Waals surface area contributed by atoms with Gasteiger partial charge in [0.15, 0.2) is 0 Å². The molecule has 0 spiro atoms. The molecule has 1 amide bonds. The third-order valence-corrected chi connectivity index (χ3v) is 5.15. The van der Waals surface area contributed by atoms with Crippen molar-refractivity contribution in [1.82, 2.24) is 5.32 Å². The van der Waals surface area contributed by atoms with Crippen molar-refractivity contribution >= 4 is 12.1 Å². The molecule has 1 aliphatic carbocycles. The standard InChI is InChI=1S/C23H33N3O.C6H12.C3H8/c1-5-9-12-18(10-6-2)16-25-17-21(15-24)23(27)26-22-13-20(14-22)19(8-4)11-7-3;1-4-5-6(2)3;1-3-2/h7-12,15,17,20,22H,3-6,13-14,16,24H2,1-2H3,(H,26,27);2,4-5H2,1,3H3;3H2,1-2H3/b12-9+,18-10+,19-11+,21-15+,25-17?;;. The number of carbonyl (C=O) groups is 1. The first-order chi connectivity index (χ1) is 17.3. The van der Waals surface area contributed by atoms with Crippen molar-refractivity contribution in [2.75, 3.05) is 6.54 Å². The van der Waals surface area contributed by atoms with Crippen molar-refractivity contribution in [3.05, 3.63) is 84.7 Å². The predicted octanol–water partition coefficient (Wildman–Crippen LogP) is 8.17. The highest BCUT2D eigenvalue weighted by molar-refractivity contribution is 6.12. The van der Waals surface area contributed by atoms with Crippen molar-refractivity contribution < 1.29 is 4.79 Å². The number of hydrogen-bond acceptors (Lipinski definition) is 3. The molecule has 0 unspecified atom stereocenters. The van der Waals surface area contributed by atoms with Gasteiger partial charge in [-0.2, -0.15) is 0 Å². The minimum absolute atomic E-state index is 0.155. The molecule has 1 rings (SSSR count). The third-order valence-electron chi connectivity index (χ3n) is 5.15. The molecular formula is C32H53N3O. The van der Waals surface area contributed by atoms with E-state index >= 15 is 0 Å². The summed E-state index contributed by atoms with van der Waals surface area (Å²) in [7, 11) is 0. The Balaban J connectivity index is 0. The van der Waals surface area contributed by atoms with Crippen LogP contribution in [0.2, 0.25) is 0 Å². The van der Waals surface area contributed by atoms with E-state index in [-0.39, 0.29) is 11.9 Å². The maximum absolute atomic E-state index is 12.4. The van der Waals surface area contributed by atoms with Crippen LogP contribution in [-0.4, -0.2) is 24.7 Å². The molecule has 0 saturated heterocycles. The first-order valence-electron chi connectivity index (χ1n) is 13.5. The molecule has 0 aliphatic heterocycles. The smallest absolute Gasteiger partial charge is 0.254 e. The molecule has 0 aromatic heterocycles. The Morgan fingerprint density at radius 2 is 1.75 bits per heavy atom. The number of allylic oxidation sites excluding steroid dienone is 7. The number of aliphatic imine (C=N–C) groups is 1. The van der Waals surface area contributed by atoms with Crippen LogP contribution in [-0.2, 0) is 4.79 Å². The Labute approximate surface area is 222 Å². The van der Waals surface area contributed by atoms with Crippen LogP contribution in [0, 0.1) is 5.92 Å². The zero-order valence-electron chi connectivity index (χ0n) is 24.0. The van der Waals surface area contributed by atoms with E-state index in [0.29, 0.717) is 18.0 Å². The van der Waals surface area contributed by atoms with Gasteiger partial charge in [-0.15, -0.1) is 6.58 Å². The summed E-state index contributed by atoms with van der Waals surface area (Å²) in [5.74, 6) is 0.250.